The lowest BCUT2D eigenvalue weighted by atomic mass is 9.96. The van der Waals surface area contributed by atoms with Gasteiger partial charge in [0.2, 0.25) is 15.9 Å². The summed E-state index contributed by atoms with van der Waals surface area (Å²) in [5, 5.41) is 0.467. The lowest BCUT2D eigenvalue weighted by Gasteiger charge is -2.34. The third-order valence-corrected chi connectivity index (χ3v) is 8.37. The molecular weight excluding hydrogens is 431 g/mol. The van der Waals surface area contributed by atoms with Crippen LogP contribution in [0, 0.1) is 5.92 Å². The maximum absolute atomic E-state index is 13.2. The summed E-state index contributed by atoms with van der Waals surface area (Å²) >= 11 is 12.1. The van der Waals surface area contributed by atoms with Gasteiger partial charge in [-0.05, 0) is 56.0 Å². The summed E-state index contributed by atoms with van der Waals surface area (Å²) < 4.78 is 27.4. The van der Waals surface area contributed by atoms with E-state index >= 15 is 0 Å². The Labute approximate surface area is 181 Å². The fourth-order valence-corrected chi connectivity index (χ4v) is 6.46. The minimum atomic E-state index is -3.75. The van der Waals surface area contributed by atoms with Gasteiger partial charge in [-0.15, -0.1) is 0 Å². The third kappa shape index (κ3) is 3.79. The zero-order valence-electron chi connectivity index (χ0n) is 16.0. The Bertz CT molecular complexity index is 1050. The minimum absolute atomic E-state index is 0.0125. The molecule has 1 atom stereocenters. The Morgan fingerprint density at radius 2 is 1.76 bits per heavy atom. The van der Waals surface area contributed by atoms with E-state index in [-0.39, 0.29) is 40.9 Å². The Morgan fingerprint density at radius 3 is 2.48 bits per heavy atom. The minimum Gasteiger partial charge on any atom is -0.309 e. The van der Waals surface area contributed by atoms with Crippen LogP contribution in [0.4, 0.5) is 5.69 Å². The second-order valence-electron chi connectivity index (χ2n) is 7.64. The second kappa shape index (κ2) is 7.91. The van der Waals surface area contributed by atoms with E-state index in [1.54, 1.807) is 6.07 Å². The number of benzene rings is 2. The van der Waals surface area contributed by atoms with Crippen LogP contribution in [-0.4, -0.2) is 37.8 Å². The number of sulfonamides is 1. The molecule has 4 rings (SSSR count). The lowest BCUT2D eigenvalue weighted by molar-refractivity contribution is -0.123. The molecule has 0 aromatic heterocycles. The summed E-state index contributed by atoms with van der Waals surface area (Å²) in [6, 6.07) is 12.5. The first-order valence-electron chi connectivity index (χ1n) is 9.65. The highest BCUT2D eigenvalue weighted by atomic mass is 35.5. The first-order valence-corrected chi connectivity index (χ1v) is 11.8. The molecule has 5 nitrogen and oxygen atoms in total. The summed E-state index contributed by atoms with van der Waals surface area (Å²) in [7, 11) is -3.75. The van der Waals surface area contributed by atoms with E-state index in [0.29, 0.717) is 17.9 Å². The number of carbonyl (C=O) groups is 1. The summed E-state index contributed by atoms with van der Waals surface area (Å²) in [5.74, 6) is -0.106. The van der Waals surface area contributed by atoms with E-state index in [2.05, 4.69) is 13.0 Å². The number of carbonyl (C=O) groups excluding carboxylic acids is 1. The summed E-state index contributed by atoms with van der Waals surface area (Å²) in [4.78, 5) is 15.1. The number of fused-ring (bicyclic) bond motifs is 1. The molecule has 0 N–H and O–H groups in total. The Kier molecular flexibility index (Phi) is 5.64. The van der Waals surface area contributed by atoms with Crippen molar-refractivity contribution in [3.63, 3.8) is 0 Å². The molecule has 0 spiro atoms. The third-order valence-electron chi connectivity index (χ3n) is 5.76. The molecule has 2 aromatic carbocycles. The van der Waals surface area contributed by atoms with Crippen molar-refractivity contribution in [1.29, 1.82) is 0 Å². The molecule has 2 aliphatic rings. The van der Waals surface area contributed by atoms with Gasteiger partial charge in [0.15, 0.2) is 0 Å². The van der Waals surface area contributed by atoms with Gasteiger partial charge in [0, 0.05) is 35.8 Å². The van der Waals surface area contributed by atoms with Gasteiger partial charge in [-0.2, -0.15) is 4.31 Å². The van der Waals surface area contributed by atoms with Crippen molar-refractivity contribution in [1.82, 2.24) is 4.31 Å². The molecule has 0 bridgehead atoms. The van der Waals surface area contributed by atoms with Gasteiger partial charge >= 0.3 is 0 Å². The Hall–Kier alpha value is -1.60. The Balaban J connectivity index is 1.48. The molecule has 2 aromatic rings. The summed E-state index contributed by atoms with van der Waals surface area (Å²) in [5.41, 5.74) is 2.16. The highest BCUT2D eigenvalue weighted by molar-refractivity contribution is 7.89. The van der Waals surface area contributed by atoms with Crippen molar-refractivity contribution in [3.8, 4) is 0 Å². The number of para-hydroxylation sites is 1. The first kappa shape index (κ1) is 20.7. The molecule has 2 aliphatic heterocycles. The normalized spacial score (nSPS) is 20.7. The van der Waals surface area contributed by atoms with Crippen LogP contribution in [0.2, 0.25) is 10.0 Å². The second-order valence-corrected chi connectivity index (χ2v) is 10.4. The number of rotatable bonds is 3. The smallest absolute Gasteiger partial charge is 0.244 e. The van der Waals surface area contributed by atoms with E-state index < -0.39 is 10.0 Å². The molecule has 154 valence electrons. The number of amides is 1. The molecule has 1 amide bonds. The van der Waals surface area contributed by atoms with Gasteiger partial charge in [-0.1, -0.05) is 41.4 Å². The fraction of sp³-hybridized carbons (Fsp3) is 0.381. The molecular formula is C21H22Cl2N2O3S. The topological polar surface area (TPSA) is 57.7 Å². The van der Waals surface area contributed by atoms with Crippen LogP contribution in [0.3, 0.4) is 0 Å². The number of hydrogen-bond donors (Lipinski definition) is 0. The molecule has 0 radical (unpaired) electrons. The zero-order valence-corrected chi connectivity index (χ0v) is 18.3. The van der Waals surface area contributed by atoms with Gasteiger partial charge in [0.1, 0.15) is 4.90 Å². The largest absolute Gasteiger partial charge is 0.309 e. The van der Waals surface area contributed by atoms with Crippen LogP contribution >= 0.6 is 23.2 Å². The average molecular weight is 453 g/mol. The standard InChI is InChI=1S/C21H22Cl2N2O3S/c1-14-12-16-4-2-3-5-19(16)25(14)21(26)15-8-10-24(11-9-15)29(27,28)20-13-17(22)6-7-18(20)23/h2-7,13-15H,8-12H2,1H3/t14-/m0/s1. The molecule has 8 heteroatoms. The molecule has 1 fully saturated rings. The molecule has 29 heavy (non-hydrogen) atoms. The molecule has 1 saturated heterocycles. The van der Waals surface area contributed by atoms with Crippen LogP contribution in [0.15, 0.2) is 47.4 Å². The van der Waals surface area contributed by atoms with E-state index in [1.807, 2.05) is 23.1 Å². The van der Waals surface area contributed by atoms with Crippen LogP contribution in [0.1, 0.15) is 25.3 Å². The zero-order chi connectivity index (χ0) is 20.8. The van der Waals surface area contributed by atoms with Gasteiger partial charge in [0.05, 0.1) is 5.02 Å². The number of nitrogens with zero attached hydrogens (tertiary/aromatic N) is 2. The van der Waals surface area contributed by atoms with Crippen LogP contribution in [0.25, 0.3) is 0 Å². The average Bonchev–Trinajstić information content (AvgIpc) is 3.05. The predicted molar refractivity (Wildman–Crippen MR) is 115 cm³/mol. The van der Waals surface area contributed by atoms with E-state index in [9.17, 15) is 13.2 Å². The molecule has 0 saturated carbocycles. The van der Waals surface area contributed by atoms with Crippen molar-refractivity contribution in [3.05, 3.63) is 58.1 Å². The molecule has 0 aliphatic carbocycles. The number of piperidine rings is 1. The van der Waals surface area contributed by atoms with Crippen molar-refractivity contribution in [2.75, 3.05) is 18.0 Å². The maximum atomic E-state index is 13.2. The van der Waals surface area contributed by atoms with Gasteiger partial charge in [0.25, 0.3) is 0 Å². The van der Waals surface area contributed by atoms with E-state index in [4.69, 9.17) is 23.2 Å². The number of hydrogen-bond acceptors (Lipinski definition) is 3. The van der Waals surface area contributed by atoms with Gasteiger partial charge in [-0.3, -0.25) is 4.79 Å². The van der Waals surface area contributed by atoms with Crippen molar-refractivity contribution >= 4 is 44.8 Å². The number of anilines is 1. The van der Waals surface area contributed by atoms with Gasteiger partial charge < -0.3 is 4.90 Å². The monoisotopic (exact) mass is 452 g/mol. The highest BCUT2D eigenvalue weighted by Crippen LogP contribution is 2.36. The summed E-state index contributed by atoms with van der Waals surface area (Å²) in [6.07, 6.45) is 1.83. The lowest BCUT2D eigenvalue weighted by Crippen LogP contribution is -2.46. The quantitative estimate of drug-likeness (QED) is 0.694. The Morgan fingerprint density at radius 1 is 1.07 bits per heavy atom. The summed E-state index contributed by atoms with van der Waals surface area (Å²) in [6.45, 7) is 2.62. The van der Waals surface area contributed by atoms with Crippen LogP contribution in [-0.2, 0) is 21.2 Å². The SMILES string of the molecule is C[C@H]1Cc2ccccc2N1C(=O)C1CCN(S(=O)(=O)c2cc(Cl)ccc2Cl)CC1. The van der Waals surface area contributed by atoms with Crippen molar-refractivity contribution < 1.29 is 13.2 Å². The van der Waals surface area contributed by atoms with Gasteiger partial charge in [-0.25, -0.2) is 8.42 Å². The maximum Gasteiger partial charge on any atom is 0.244 e. The molecule has 0 unspecified atom stereocenters. The van der Waals surface area contributed by atoms with Crippen molar-refractivity contribution in [2.24, 2.45) is 5.92 Å². The van der Waals surface area contributed by atoms with Crippen LogP contribution in [0.5, 0.6) is 0 Å². The van der Waals surface area contributed by atoms with E-state index in [1.165, 1.54) is 22.0 Å². The van der Waals surface area contributed by atoms with Crippen LogP contribution < -0.4 is 4.90 Å². The molecule has 2 heterocycles. The predicted octanol–water partition coefficient (Wildman–Crippen LogP) is 4.37. The fourth-order valence-electron chi connectivity index (χ4n) is 4.26. The number of halogens is 2. The first-order chi connectivity index (χ1) is 13.8. The van der Waals surface area contributed by atoms with E-state index in [0.717, 1.165) is 12.1 Å². The van der Waals surface area contributed by atoms with Crippen molar-refractivity contribution in [2.45, 2.75) is 37.1 Å². The highest BCUT2D eigenvalue weighted by Gasteiger charge is 2.38.